The van der Waals surface area contributed by atoms with Crippen LogP contribution < -0.4 is 0 Å². The van der Waals surface area contributed by atoms with Crippen LogP contribution >= 0.6 is 11.6 Å². The number of hydrogen-bond donors (Lipinski definition) is 0. The predicted octanol–water partition coefficient (Wildman–Crippen LogP) is 3.50. The Bertz CT molecular complexity index is 480. The third-order valence-corrected chi connectivity index (χ3v) is 4.42. The Balaban J connectivity index is 2.85. The summed E-state index contributed by atoms with van der Waals surface area (Å²) in [4.78, 5) is -0.0925. The molecule has 0 aliphatic carbocycles. The van der Waals surface area contributed by atoms with E-state index >= 15 is 0 Å². The molecule has 1 rings (SSSR count). The summed E-state index contributed by atoms with van der Waals surface area (Å²) in [6.45, 7) is 0. The van der Waals surface area contributed by atoms with Gasteiger partial charge in [0.25, 0.3) is 0 Å². The van der Waals surface area contributed by atoms with Crippen molar-refractivity contribution in [1.29, 1.82) is 0 Å². The molecule has 0 fully saturated rings. The summed E-state index contributed by atoms with van der Waals surface area (Å²) < 4.78 is 60.4. The van der Waals surface area contributed by atoms with E-state index in [1.165, 1.54) is 0 Å². The number of benzene rings is 1. The molecule has 102 valence electrons. The topological polar surface area (TPSA) is 34.1 Å². The smallest absolute Gasteiger partial charge is 0.224 e. The third-order valence-electron chi connectivity index (χ3n) is 2.34. The number of sulfone groups is 1. The molecule has 0 heterocycles. The van der Waals surface area contributed by atoms with Crippen molar-refractivity contribution in [3.05, 3.63) is 29.8 Å². The maximum absolute atomic E-state index is 12.3. The third kappa shape index (κ3) is 4.17. The van der Waals surface area contributed by atoms with Crippen molar-refractivity contribution in [1.82, 2.24) is 0 Å². The monoisotopic (exact) mass is 300 g/mol. The van der Waals surface area contributed by atoms with Gasteiger partial charge in [-0.3, -0.25) is 0 Å². The van der Waals surface area contributed by atoms with Crippen molar-refractivity contribution < 1.29 is 21.6 Å². The van der Waals surface area contributed by atoms with E-state index in [1.54, 1.807) is 0 Å². The average Bonchev–Trinajstić information content (AvgIpc) is 2.28. The summed E-state index contributed by atoms with van der Waals surface area (Å²) in [5.74, 6) is 0.258. The summed E-state index contributed by atoms with van der Waals surface area (Å²) in [7, 11) is -3.52. The molecule has 0 aliphatic rings. The summed E-state index contributed by atoms with van der Waals surface area (Å²) in [5.41, 5.74) is -0.859. The Morgan fingerprint density at radius 2 is 1.61 bits per heavy atom. The highest BCUT2D eigenvalue weighted by atomic mass is 35.5. The number of hydrogen-bond acceptors (Lipinski definition) is 2. The van der Waals surface area contributed by atoms with Crippen molar-refractivity contribution in [2.45, 2.75) is 23.9 Å². The second-order valence-corrected chi connectivity index (χ2v) is 6.22. The maximum atomic E-state index is 12.3. The van der Waals surface area contributed by atoms with Crippen LogP contribution in [0, 0.1) is 0 Å². The molecule has 0 spiro atoms. The Morgan fingerprint density at radius 1 is 1.06 bits per heavy atom. The lowest BCUT2D eigenvalue weighted by Crippen LogP contribution is -2.09. The van der Waals surface area contributed by atoms with Gasteiger partial charge in [0.2, 0.25) is 0 Å². The van der Waals surface area contributed by atoms with Gasteiger partial charge in [-0.05, 0) is 37.1 Å². The van der Waals surface area contributed by atoms with Gasteiger partial charge in [0.05, 0.1) is 16.2 Å². The van der Waals surface area contributed by atoms with E-state index < -0.39 is 21.6 Å². The molecule has 0 aliphatic heterocycles. The van der Waals surface area contributed by atoms with E-state index in [0.717, 1.165) is 24.3 Å². The summed E-state index contributed by atoms with van der Waals surface area (Å²) in [5, 5.41) is 0. The Hall–Kier alpha value is -0.750. The van der Waals surface area contributed by atoms with E-state index in [2.05, 4.69) is 0 Å². The average molecular weight is 301 g/mol. The molecule has 7 heteroatoms. The van der Waals surface area contributed by atoms with E-state index in [9.17, 15) is 21.6 Å². The Labute approximate surface area is 109 Å². The SMILES string of the molecule is O=S(=O)(CCCCCl)c1ccc(C(F)(F)F)cc1. The zero-order valence-corrected chi connectivity index (χ0v) is 10.9. The largest absolute Gasteiger partial charge is 0.416 e. The first-order valence-electron chi connectivity index (χ1n) is 5.23. The minimum Gasteiger partial charge on any atom is -0.224 e. The highest BCUT2D eigenvalue weighted by Crippen LogP contribution is 2.29. The van der Waals surface area contributed by atoms with E-state index in [4.69, 9.17) is 11.6 Å². The lowest BCUT2D eigenvalue weighted by atomic mass is 10.2. The quantitative estimate of drug-likeness (QED) is 0.616. The Morgan fingerprint density at radius 3 is 2.06 bits per heavy atom. The van der Waals surface area contributed by atoms with Gasteiger partial charge in [-0.2, -0.15) is 13.2 Å². The van der Waals surface area contributed by atoms with Crippen LogP contribution in [0.1, 0.15) is 18.4 Å². The fraction of sp³-hybridized carbons (Fsp3) is 0.455. The van der Waals surface area contributed by atoms with Crippen molar-refractivity contribution in [3.8, 4) is 0 Å². The highest BCUT2D eigenvalue weighted by Gasteiger charge is 2.30. The van der Waals surface area contributed by atoms with Gasteiger partial charge in [0.15, 0.2) is 9.84 Å². The summed E-state index contributed by atoms with van der Waals surface area (Å²) in [6, 6.07) is 3.51. The van der Waals surface area contributed by atoms with Crippen LogP contribution in [0.5, 0.6) is 0 Å². The van der Waals surface area contributed by atoms with Crippen molar-refractivity contribution in [2.24, 2.45) is 0 Å². The van der Waals surface area contributed by atoms with Gasteiger partial charge < -0.3 is 0 Å². The van der Waals surface area contributed by atoms with Gasteiger partial charge in [-0.15, -0.1) is 11.6 Å². The minimum absolute atomic E-state index is 0.0925. The molecule has 0 aromatic heterocycles. The first kappa shape index (κ1) is 15.3. The van der Waals surface area contributed by atoms with Gasteiger partial charge >= 0.3 is 6.18 Å². The van der Waals surface area contributed by atoms with Crippen LogP contribution in [0.15, 0.2) is 29.2 Å². The molecular formula is C11H12ClF3O2S. The summed E-state index contributed by atoms with van der Waals surface area (Å²) in [6.07, 6.45) is -3.50. The van der Waals surface area contributed by atoms with Crippen LogP contribution in [0.3, 0.4) is 0 Å². The molecule has 0 amide bonds. The van der Waals surface area contributed by atoms with Crippen molar-refractivity contribution in [2.75, 3.05) is 11.6 Å². The number of alkyl halides is 4. The van der Waals surface area contributed by atoms with Crippen LogP contribution in [-0.4, -0.2) is 20.1 Å². The predicted molar refractivity (Wildman–Crippen MR) is 63.5 cm³/mol. The molecule has 0 atom stereocenters. The Kier molecular flexibility index (Phi) is 5.04. The van der Waals surface area contributed by atoms with Crippen molar-refractivity contribution >= 4 is 21.4 Å². The molecule has 0 N–H and O–H groups in total. The van der Waals surface area contributed by atoms with Crippen LogP contribution in [0.25, 0.3) is 0 Å². The molecule has 0 saturated carbocycles. The van der Waals surface area contributed by atoms with Crippen LogP contribution in [-0.2, 0) is 16.0 Å². The zero-order chi connectivity index (χ0) is 13.8. The zero-order valence-electron chi connectivity index (χ0n) is 9.37. The fourth-order valence-corrected chi connectivity index (χ4v) is 2.92. The van der Waals surface area contributed by atoms with Crippen molar-refractivity contribution in [3.63, 3.8) is 0 Å². The molecule has 0 radical (unpaired) electrons. The van der Waals surface area contributed by atoms with Crippen LogP contribution in [0.4, 0.5) is 13.2 Å². The molecular weight excluding hydrogens is 289 g/mol. The number of rotatable bonds is 5. The van der Waals surface area contributed by atoms with E-state index in [-0.39, 0.29) is 10.6 Å². The molecule has 1 aromatic carbocycles. The lowest BCUT2D eigenvalue weighted by molar-refractivity contribution is -0.137. The van der Waals surface area contributed by atoms with Gasteiger partial charge in [0, 0.05) is 5.88 Å². The highest BCUT2D eigenvalue weighted by molar-refractivity contribution is 7.91. The summed E-state index contributed by atoms with van der Waals surface area (Å²) >= 11 is 5.43. The lowest BCUT2D eigenvalue weighted by Gasteiger charge is -2.08. The number of unbranched alkanes of at least 4 members (excludes halogenated alkanes) is 1. The molecule has 0 unspecified atom stereocenters. The van der Waals surface area contributed by atoms with E-state index in [0.29, 0.717) is 18.7 Å². The second kappa shape index (κ2) is 5.93. The first-order valence-corrected chi connectivity index (χ1v) is 7.42. The first-order chi connectivity index (χ1) is 8.27. The standard InChI is InChI=1S/C11H12ClF3O2S/c12-7-1-2-8-18(16,17)10-5-3-9(4-6-10)11(13,14)15/h3-6H,1-2,7-8H2. The second-order valence-electron chi connectivity index (χ2n) is 3.74. The molecule has 18 heavy (non-hydrogen) atoms. The van der Waals surface area contributed by atoms with E-state index in [1.807, 2.05) is 0 Å². The van der Waals surface area contributed by atoms with Gasteiger partial charge in [-0.25, -0.2) is 8.42 Å². The maximum Gasteiger partial charge on any atom is 0.416 e. The molecule has 0 saturated heterocycles. The molecule has 2 nitrogen and oxygen atoms in total. The number of halogens is 4. The minimum atomic E-state index is -4.46. The van der Waals surface area contributed by atoms with Gasteiger partial charge in [0.1, 0.15) is 0 Å². The van der Waals surface area contributed by atoms with Crippen LogP contribution in [0.2, 0.25) is 0 Å². The van der Waals surface area contributed by atoms with Gasteiger partial charge in [-0.1, -0.05) is 0 Å². The normalized spacial score (nSPS) is 12.7. The molecule has 1 aromatic rings. The fourth-order valence-electron chi connectivity index (χ4n) is 1.36. The molecule has 0 bridgehead atoms.